The third-order valence-electron chi connectivity index (χ3n) is 12.3. The Kier molecular flexibility index (Phi) is 91.6. The predicted molar refractivity (Wildman–Crippen MR) is 403 cm³/mol. The normalized spacial score (nSPS) is 12.4. The van der Waals surface area contributed by atoms with E-state index in [2.05, 4.69) is 39.8 Å². The van der Waals surface area contributed by atoms with Crippen molar-refractivity contribution in [3.05, 3.63) is 61.3 Å². The molecule has 0 aliphatic heterocycles. The standard InChI is InChI=1S/C19H36O9.C17H32O8.C14H26O5.C13H24O5.C13H24O4/c1-18(2)19(20)28-17-16-27-15-14-26-13-12-25-11-10-24-9-8-23-7-6-22-5-4-21-3;1-16(2)17(18)25-15-14-24-13-12-23-11-10-22-9-8-21-7-6-20-5-4-19-3;1-10(2)14(15)19-13(5)9-18-12(4)8-17-11(3)7-16-6;1-6-13(14)18-12(4)9-17-11(3)8-16-10(2)7-15-5;1-4-5-6-7-15-8-9-16-10-11-17-13(14)12(2)3/h1,4-17H2,2-3H3;1,4-15H2,2-3H3;11-13H,1,7-9H2,2-6H3;6,10-12H,1,7-9H2,2-5H3;2,4-11H2,1,3H3. The fourth-order valence-electron chi connectivity index (χ4n) is 6.65. The van der Waals surface area contributed by atoms with Crippen molar-refractivity contribution in [2.45, 2.75) is 132 Å². The lowest BCUT2D eigenvalue weighted by atomic mass is 10.3. The van der Waals surface area contributed by atoms with Crippen molar-refractivity contribution in [2.75, 3.05) is 273 Å². The fourth-order valence-corrected chi connectivity index (χ4v) is 6.65. The zero-order chi connectivity index (χ0) is 81.0. The van der Waals surface area contributed by atoms with Gasteiger partial charge in [-0.3, -0.25) is 0 Å². The molecule has 0 radical (unpaired) electrons. The van der Waals surface area contributed by atoms with E-state index in [0.29, 0.717) is 240 Å². The minimum Gasteiger partial charge on any atom is -0.460 e. The molecule has 0 aliphatic rings. The van der Waals surface area contributed by atoms with E-state index in [4.69, 9.17) is 123 Å². The van der Waals surface area contributed by atoms with E-state index < -0.39 is 23.9 Å². The molecule has 107 heavy (non-hydrogen) atoms. The quantitative estimate of drug-likeness (QED) is 0.0246. The Labute approximate surface area is 640 Å². The lowest BCUT2D eigenvalue weighted by molar-refractivity contribution is -0.148. The van der Waals surface area contributed by atoms with Crippen LogP contribution in [-0.4, -0.2) is 339 Å². The van der Waals surface area contributed by atoms with Crippen molar-refractivity contribution in [3.63, 3.8) is 0 Å². The number of carbonyl (C=O) groups excluding carboxylic acids is 5. The van der Waals surface area contributed by atoms with Gasteiger partial charge in [0.2, 0.25) is 0 Å². The average molecular weight is 1550 g/mol. The first-order chi connectivity index (χ1) is 51.4. The maximum atomic E-state index is 11.3. The van der Waals surface area contributed by atoms with Crippen LogP contribution in [0.1, 0.15) is 95.4 Å². The van der Waals surface area contributed by atoms with Crippen LogP contribution in [0.3, 0.4) is 0 Å². The summed E-state index contributed by atoms with van der Waals surface area (Å²) in [6.07, 6.45) is 4.00. The van der Waals surface area contributed by atoms with E-state index in [9.17, 15) is 24.0 Å². The number of esters is 5. The van der Waals surface area contributed by atoms with Crippen molar-refractivity contribution in [1.29, 1.82) is 0 Å². The van der Waals surface area contributed by atoms with Crippen molar-refractivity contribution in [3.8, 4) is 0 Å². The first-order valence-electron chi connectivity index (χ1n) is 36.5. The van der Waals surface area contributed by atoms with Crippen LogP contribution in [-0.2, 0) is 147 Å². The number of unbranched alkanes of at least 4 members (excludes halogenated alkanes) is 2. The molecule has 6 unspecified atom stereocenters. The Hall–Kier alpha value is -4.79. The average Bonchev–Trinajstić information content (AvgIpc) is 1.18. The molecular formula is C76H142O31. The van der Waals surface area contributed by atoms with Crippen molar-refractivity contribution in [1.82, 2.24) is 0 Å². The smallest absolute Gasteiger partial charge is 0.333 e. The van der Waals surface area contributed by atoms with E-state index in [1.165, 1.54) is 12.8 Å². The summed E-state index contributed by atoms with van der Waals surface area (Å²) in [7, 11) is 6.55. The van der Waals surface area contributed by atoms with Gasteiger partial charge in [0, 0.05) is 63.4 Å². The Morgan fingerprint density at radius 1 is 0.271 bits per heavy atom. The van der Waals surface area contributed by atoms with Gasteiger partial charge in [0.25, 0.3) is 0 Å². The van der Waals surface area contributed by atoms with Crippen molar-refractivity contribution < 1.29 is 147 Å². The SMILES string of the molecule is C=C(C)C(=O)OC(C)COC(C)COC(C)COC.C=C(C)C(=O)OCCOCCOCCCCC.C=C(C)C(=O)OCCOCCOCCOCCOCCOCCOC.C=C(C)C(=O)OCCOCCOCCOCCOCCOCCOCCOC.C=CC(=O)OC(C)COC(C)COC(C)COC. The zero-order valence-corrected chi connectivity index (χ0v) is 68.0. The van der Waals surface area contributed by atoms with Gasteiger partial charge in [-0.15, -0.1) is 0 Å². The minimum absolute atomic E-state index is 0.0368. The summed E-state index contributed by atoms with van der Waals surface area (Å²) < 4.78 is 136. The van der Waals surface area contributed by atoms with E-state index >= 15 is 0 Å². The van der Waals surface area contributed by atoms with E-state index in [1.807, 2.05) is 27.7 Å². The molecule has 0 amide bonds. The van der Waals surface area contributed by atoms with Gasteiger partial charge in [-0.2, -0.15) is 0 Å². The Bertz CT molecular complexity index is 2070. The number of rotatable bonds is 72. The summed E-state index contributed by atoms with van der Waals surface area (Å²) in [6.45, 7) is 55.0. The summed E-state index contributed by atoms with van der Waals surface area (Å²) in [5.74, 6) is -2.02. The van der Waals surface area contributed by atoms with Gasteiger partial charge in [-0.25, -0.2) is 24.0 Å². The highest BCUT2D eigenvalue weighted by Crippen LogP contribution is 2.05. The molecule has 6 atom stereocenters. The predicted octanol–water partition coefficient (Wildman–Crippen LogP) is 7.53. The summed E-state index contributed by atoms with van der Waals surface area (Å²) >= 11 is 0. The van der Waals surface area contributed by atoms with Gasteiger partial charge in [0.15, 0.2) is 0 Å². The third kappa shape index (κ3) is 95.4. The molecule has 0 aromatic heterocycles. The second-order valence-electron chi connectivity index (χ2n) is 23.3. The van der Waals surface area contributed by atoms with Crippen LogP contribution in [0.2, 0.25) is 0 Å². The van der Waals surface area contributed by atoms with Crippen LogP contribution in [0.4, 0.5) is 0 Å². The van der Waals surface area contributed by atoms with Crippen molar-refractivity contribution >= 4 is 29.8 Å². The molecule has 0 spiro atoms. The molecule has 632 valence electrons. The van der Waals surface area contributed by atoms with Gasteiger partial charge in [0.1, 0.15) is 32.0 Å². The van der Waals surface area contributed by atoms with Gasteiger partial charge < -0.3 is 123 Å². The molecule has 0 aliphatic carbocycles. The maximum Gasteiger partial charge on any atom is 0.333 e. The minimum atomic E-state index is -0.441. The monoisotopic (exact) mass is 1550 g/mol. The molecule has 0 bridgehead atoms. The first-order valence-corrected chi connectivity index (χ1v) is 36.5. The highest BCUT2D eigenvalue weighted by Gasteiger charge is 2.15. The van der Waals surface area contributed by atoms with Crippen LogP contribution >= 0.6 is 0 Å². The molecule has 31 heteroatoms. The van der Waals surface area contributed by atoms with Gasteiger partial charge >= 0.3 is 29.8 Å². The van der Waals surface area contributed by atoms with Crippen molar-refractivity contribution in [2.24, 2.45) is 0 Å². The largest absolute Gasteiger partial charge is 0.460 e. The van der Waals surface area contributed by atoms with Gasteiger partial charge in [0.05, 0.1) is 242 Å². The summed E-state index contributed by atoms with van der Waals surface area (Å²) in [4.78, 5) is 55.3. The zero-order valence-electron chi connectivity index (χ0n) is 68.0. The molecule has 0 aromatic carbocycles. The summed E-state index contributed by atoms with van der Waals surface area (Å²) in [5.41, 5.74) is 1.55. The molecule has 0 heterocycles. The lowest BCUT2D eigenvalue weighted by Crippen LogP contribution is -2.27. The van der Waals surface area contributed by atoms with Crippen LogP contribution in [0.5, 0.6) is 0 Å². The van der Waals surface area contributed by atoms with E-state index in [-0.39, 0.29) is 62.4 Å². The van der Waals surface area contributed by atoms with Crippen LogP contribution in [0, 0.1) is 0 Å². The number of ether oxygens (including phenoxy) is 26. The highest BCUT2D eigenvalue weighted by atomic mass is 16.6. The summed E-state index contributed by atoms with van der Waals surface area (Å²) in [6, 6.07) is 0. The molecule has 0 saturated carbocycles. The Morgan fingerprint density at radius 3 is 0.710 bits per heavy atom. The lowest BCUT2D eigenvalue weighted by Gasteiger charge is -2.19. The molecule has 0 rings (SSSR count). The fraction of sp³-hybridized carbons (Fsp3) is 0.803. The second-order valence-corrected chi connectivity index (χ2v) is 23.3. The number of methoxy groups -OCH3 is 4. The Balaban J connectivity index is -0.000000411. The highest BCUT2D eigenvalue weighted by molar-refractivity contribution is 5.88. The second kappa shape index (κ2) is 88.4. The summed E-state index contributed by atoms with van der Waals surface area (Å²) in [5, 5.41) is 0. The maximum absolute atomic E-state index is 11.3. The topological polar surface area (TPSA) is 325 Å². The van der Waals surface area contributed by atoms with Crippen LogP contribution in [0.25, 0.3) is 0 Å². The number of hydrogen-bond acceptors (Lipinski definition) is 31. The van der Waals surface area contributed by atoms with Crippen LogP contribution < -0.4 is 0 Å². The number of hydrogen-bond donors (Lipinski definition) is 0. The molecule has 31 nitrogen and oxygen atoms in total. The van der Waals surface area contributed by atoms with Gasteiger partial charge in [-0.05, 0) is 75.7 Å². The molecular weight excluding hydrogens is 1410 g/mol. The van der Waals surface area contributed by atoms with E-state index in [0.717, 1.165) is 19.1 Å². The molecule has 0 fully saturated rings. The molecule has 0 saturated heterocycles. The molecule has 0 N–H and O–H groups in total. The Morgan fingerprint density at radius 2 is 0.486 bits per heavy atom. The number of carbonyl (C=O) groups is 5. The first kappa shape index (κ1) is 111. The van der Waals surface area contributed by atoms with Crippen LogP contribution in [0.15, 0.2) is 61.3 Å². The van der Waals surface area contributed by atoms with Gasteiger partial charge in [-0.1, -0.05) is 52.7 Å². The third-order valence-corrected chi connectivity index (χ3v) is 12.3. The molecule has 0 aromatic rings. The van der Waals surface area contributed by atoms with E-state index in [1.54, 1.807) is 70.0 Å².